The Balaban J connectivity index is 2.13. The summed E-state index contributed by atoms with van der Waals surface area (Å²) in [6.45, 7) is 4.07. The Kier molecular flexibility index (Phi) is 4.21. The van der Waals surface area contributed by atoms with Gasteiger partial charge in [-0.1, -0.05) is 13.8 Å². The van der Waals surface area contributed by atoms with Crippen LogP contribution in [0.4, 0.5) is 9.52 Å². The smallest absolute Gasteiger partial charge is 0.257 e. The van der Waals surface area contributed by atoms with Gasteiger partial charge in [-0.05, 0) is 24.1 Å². The topological polar surface area (TPSA) is 42.0 Å². The highest BCUT2D eigenvalue weighted by Crippen LogP contribution is 2.22. The van der Waals surface area contributed by atoms with Gasteiger partial charge in [0, 0.05) is 15.8 Å². The zero-order valence-electron chi connectivity index (χ0n) is 10.5. The Morgan fingerprint density at radius 1 is 1.47 bits per heavy atom. The second-order valence-corrected chi connectivity index (χ2v) is 5.69. The van der Waals surface area contributed by atoms with Crippen molar-refractivity contribution in [2.75, 3.05) is 5.32 Å². The van der Waals surface area contributed by atoms with Crippen LogP contribution >= 0.6 is 24.0 Å². The lowest BCUT2D eigenvalue weighted by atomic mass is 10.2. The number of aromatic nitrogens is 1. The number of nitrogens with zero attached hydrogens (tertiary/aromatic N) is 1. The zero-order chi connectivity index (χ0) is 14.0. The number of hydrogen-bond donors (Lipinski definition) is 2. The predicted molar refractivity (Wildman–Crippen MR) is 77.8 cm³/mol. The van der Waals surface area contributed by atoms with Crippen molar-refractivity contribution in [1.82, 2.24) is 4.98 Å². The summed E-state index contributed by atoms with van der Waals surface area (Å²) in [5.74, 6) is -0.451. The molecule has 1 aromatic carbocycles. The van der Waals surface area contributed by atoms with E-state index in [0.717, 1.165) is 5.69 Å². The van der Waals surface area contributed by atoms with E-state index in [4.69, 9.17) is 0 Å². The van der Waals surface area contributed by atoms with Crippen molar-refractivity contribution in [1.29, 1.82) is 0 Å². The number of amides is 1. The van der Waals surface area contributed by atoms with Crippen LogP contribution in [-0.2, 0) is 0 Å². The van der Waals surface area contributed by atoms with Gasteiger partial charge >= 0.3 is 0 Å². The van der Waals surface area contributed by atoms with E-state index in [9.17, 15) is 9.18 Å². The van der Waals surface area contributed by atoms with E-state index in [2.05, 4.69) is 22.9 Å². The molecule has 1 N–H and O–H groups in total. The van der Waals surface area contributed by atoms with E-state index >= 15 is 0 Å². The van der Waals surface area contributed by atoms with Gasteiger partial charge in [0.25, 0.3) is 5.91 Å². The molecule has 0 spiro atoms. The summed E-state index contributed by atoms with van der Waals surface area (Å²) in [6, 6.07) is 4.03. The molecule has 0 unspecified atom stereocenters. The van der Waals surface area contributed by atoms with Crippen molar-refractivity contribution < 1.29 is 9.18 Å². The highest BCUT2D eigenvalue weighted by Gasteiger charge is 2.11. The lowest BCUT2D eigenvalue weighted by Crippen LogP contribution is -2.12. The number of nitrogens with one attached hydrogen (secondary N) is 1. The van der Waals surface area contributed by atoms with Crippen molar-refractivity contribution >= 4 is 35.0 Å². The molecule has 0 aliphatic rings. The number of thiol groups is 1. The Morgan fingerprint density at radius 2 is 2.21 bits per heavy atom. The van der Waals surface area contributed by atoms with Crippen LogP contribution in [0.5, 0.6) is 0 Å². The van der Waals surface area contributed by atoms with E-state index in [0.29, 0.717) is 16.6 Å². The van der Waals surface area contributed by atoms with E-state index in [1.54, 1.807) is 0 Å². The van der Waals surface area contributed by atoms with Crippen LogP contribution < -0.4 is 5.32 Å². The van der Waals surface area contributed by atoms with Crippen molar-refractivity contribution in [3.8, 4) is 0 Å². The van der Waals surface area contributed by atoms with Gasteiger partial charge < -0.3 is 0 Å². The Morgan fingerprint density at radius 3 is 2.79 bits per heavy atom. The highest BCUT2D eigenvalue weighted by molar-refractivity contribution is 7.80. The predicted octanol–water partition coefficient (Wildman–Crippen LogP) is 3.95. The number of carbonyl (C=O) groups is 1. The minimum absolute atomic E-state index is 0.148. The van der Waals surface area contributed by atoms with E-state index in [1.807, 2.05) is 19.2 Å². The molecular weight excluding hydrogens is 283 g/mol. The zero-order valence-corrected chi connectivity index (χ0v) is 12.2. The fourth-order valence-electron chi connectivity index (χ4n) is 1.43. The molecule has 6 heteroatoms. The van der Waals surface area contributed by atoms with Gasteiger partial charge in [0.05, 0.1) is 5.69 Å². The molecule has 0 aliphatic heterocycles. The van der Waals surface area contributed by atoms with Crippen LogP contribution in [-0.4, -0.2) is 10.9 Å². The first-order valence-electron chi connectivity index (χ1n) is 5.72. The van der Waals surface area contributed by atoms with Crippen LogP contribution in [0.15, 0.2) is 28.5 Å². The van der Waals surface area contributed by atoms with Gasteiger partial charge in [-0.3, -0.25) is 10.1 Å². The third-order valence-electron chi connectivity index (χ3n) is 2.54. The van der Waals surface area contributed by atoms with Crippen molar-refractivity contribution in [3.05, 3.63) is 40.7 Å². The van der Waals surface area contributed by atoms with Gasteiger partial charge in [0.2, 0.25) is 0 Å². The molecule has 0 saturated carbocycles. The standard InChI is InChI=1S/C13H13FN2OS2/c1-7(2)10-6-19-13(15-10)16-12(17)8-3-4-9(14)11(18)5-8/h3-7,18H,1-2H3,(H,15,16,17). The van der Waals surface area contributed by atoms with Crippen LogP contribution in [0.25, 0.3) is 0 Å². The lowest BCUT2D eigenvalue weighted by molar-refractivity contribution is 0.102. The normalized spacial score (nSPS) is 10.8. The number of anilines is 1. The average molecular weight is 296 g/mol. The molecule has 100 valence electrons. The van der Waals surface area contributed by atoms with Gasteiger partial charge in [0.1, 0.15) is 5.82 Å². The lowest BCUT2D eigenvalue weighted by Gasteiger charge is -2.03. The third kappa shape index (κ3) is 3.33. The minimum Gasteiger partial charge on any atom is -0.298 e. The van der Waals surface area contributed by atoms with Crippen molar-refractivity contribution in [2.45, 2.75) is 24.7 Å². The Labute approximate surface area is 120 Å². The molecule has 19 heavy (non-hydrogen) atoms. The largest absolute Gasteiger partial charge is 0.298 e. The number of hydrogen-bond acceptors (Lipinski definition) is 4. The summed E-state index contributed by atoms with van der Waals surface area (Å²) in [5.41, 5.74) is 1.29. The summed E-state index contributed by atoms with van der Waals surface area (Å²) in [5, 5.41) is 5.14. The van der Waals surface area contributed by atoms with Gasteiger partial charge in [0.15, 0.2) is 5.13 Å². The summed E-state index contributed by atoms with van der Waals surface area (Å²) < 4.78 is 13.1. The second-order valence-electron chi connectivity index (χ2n) is 4.35. The number of benzene rings is 1. The molecule has 0 atom stereocenters. The second kappa shape index (κ2) is 5.71. The number of rotatable bonds is 3. The summed E-state index contributed by atoms with van der Waals surface area (Å²) >= 11 is 5.32. The summed E-state index contributed by atoms with van der Waals surface area (Å²) in [4.78, 5) is 16.4. The number of halogens is 1. The maximum Gasteiger partial charge on any atom is 0.257 e. The summed E-state index contributed by atoms with van der Waals surface area (Å²) in [6.07, 6.45) is 0. The molecule has 3 nitrogen and oxygen atoms in total. The Hall–Kier alpha value is -1.40. The maximum atomic E-state index is 13.1. The van der Waals surface area contributed by atoms with E-state index in [1.165, 1.54) is 29.5 Å². The molecule has 1 aromatic heterocycles. The molecule has 0 bridgehead atoms. The number of carbonyl (C=O) groups excluding carboxylic acids is 1. The first-order valence-corrected chi connectivity index (χ1v) is 7.05. The third-order valence-corrected chi connectivity index (χ3v) is 3.66. The average Bonchev–Trinajstić information content (AvgIpc) is 2.81. The van der Waals surface area contributed by atoms with Crippen LogP contribution in [0.3, 0.4) is 0 Å². The van der Waals surface area contributed by atoms with E-state index in [-0.39, 0.29) is 10.8 Å². The van der Waals surface area contributed by atoms with Gasteiger partial charge in [-0.2, -0.15) is 0 Å². The Bertz CT molecular complexity index is 610. The molecule has 1 amide bonds. The van der Waals surface area contributed by atoms with Crippen LogP contribution in [0, 0.1) is 5.82 Å². The SMILES string of the molecule is CC(C)c1csc(NC(=O)c2ccc(F)c(S)c2)n1. The quantitative estimate of drug-likeness (QED) is 0.842. The first kappa shape index (κ1) is 14.0. The maximum absolute atomic E-state index is 13.1. The molecule has 0 radical (unpaired) electrons. The summed E-state index contributed by atoms with van der Waals surface area (Å²) in [7, 11) is 0. The van der Waals surface area contributed by atoms with Crippen LogP contribution in [0.2, 0.25) is 0 Å². The fourth-order valence-corrected chi connectivity index (χ4v) is 2.51. The monoisotopic (exact) mass is 296 g/mol. The van der Waals surface area contributed by atoms with Crippen LogP contribution in [0.1, 0.15) is 35.8 Å². The molecule has 2 aromatic rings. The molecule has 0 saturated heterocycles. The number of thiazole rings is 1. The molecular formula is C13H13FN2OS2. The van der Waals surface area contributed by atoms with Crippen molar-refractivity contribution in [3.63, 3.8) is 0 Å². The van der Waals surface area contributed by atoms with Gasteiger partial charge in [-0.15, -0.1) is 24.0 Å². The van der Waals surface area contributed by atoms with E-state index < -0.39 is 5.82 Å². The molecule has 0 fully saturated rings. The molecule has 0 aliphatic carbocycles. The first-order chi connectivity index (χ1) is 8.97. The van der Waals surface area contributed by atoms with Crippen molar-refractivity contribution in [2.24, 2.45) is 0 Å². The molecule has 2 rings (SSSR count). The molecule has 1 heterocycles. The minimum atomic E-state index is -0.448. The highest BCUT2D eigenvalue weighted by atomic mass is 32.1. The van der Waals surface area contributed by atoms with Gasteiger partial charge in [-0.25, -0.2) is 9.37 Å². The fraction of sp³-hybridized carbons (Fsp3) is 0.231.